The van der Waals surface area contributed by atoms with E-state index in [2.05, 4.69) is 50.8 Å². The molecule has 188 valence electrons. The quantitative estimate of drug-likeness (QED) is 0.329. The fraction of sp³-hybridized carbons (Fsp3) is 0.423. The third-order valence-corrected chi connectivity index (χ3v) is 11.4. The molecule has 2 atom stereocenters. The van der Waals surface area contributed by atoms with Gasteiger partial charge in [0, 0.05) is 29.3 Å². The van der Waals surface area contributed by atoms with E-state index >= 15 is 0 Å². The van der Waals surface area contributed by atoms with Crippen LogP contribution in [0.1, 0.15) is 50.6 Å². The van der Waals surface area contributed by atoms with Gasteiger partial charge >= 0.3 is 0 Å². The van der Waals surface area contributed by atoms with Gasteiger partial charge in [-0.05, 0) is 43.3 Å². The van der Waals surface area contributed by atoms with E-state index in [-0.39, 0.29) is 22.9 Å². The number of amides is 1. The summed E-state index contributed by atoms with van der Waals surface area (Å²) in [5, 5.41) is 0.752. The maximum atomic E-state index is 11.6. The number of hydrogen-bond donors (Lipinski definition) is 1. The number of hydrogen-bond acceptors (Lipinski definition) is 5. The van der Waals surface area contributed by atoms with Crippen molar-refractivity contribution in [2.75, 3.05) is 6.61 Å². The van der Waals surface area contributed by atoms with Crippen LogP contribution in [0.2, 0.25) is 23.2 Å². The summed E-state index contributed by atoms with van der Waals surface area (Å²) >= 11 is 6.00. The SMILES string of the molecule is CC(O[Si](C)(C)C(C)(C)C)C(CCOc1cccc(-c2ccc(Cl)cc2)n1)n1cnc(C(N)=O)c1. The van der Waals surface area contributed by atoms with Gasteiger partial charge < -0.3 is 19.5 Å². The Morgan fingerprint density at radius 1 is 1.17 bits per heavy atom. The number of benzene rings is 1. The summed E-state index contributed by atoms with van der Waals surface area (Å²) in [4.78, 5) is 20.4. The zero-order valence-corrected chi connectivity index (χ0v) is 23.0. The molecule has 1 aromatic carbocycles. The van der Waals surface area contributed by atoms with Crippen molar-refractivity contribution in [3.05, 3.63) is 65.7 Å². The van der Waals surface area contributed by atoms with E-state index in [1.807, 2.05) is 47.0 Å². The Balaban J connectivity index is 1.75. The topological polar surface area (TPSA) is 92.3 Å². The molecule has 0 aliphatic carbocycles. The molecule has 2 heterocycles. The molecule has 0 aliphatic rings. The molecule has 0 bridgehead atoms. The van der Waals surface area contributed by atoms with Crippen LogP contribution in [0.3, 0.4) is 0 Å². The van der Waals surface area contributed by atoms with Gasteiger partial charge in [-0.2, -0.15) is 0 Å². The maximum Gasteiger partial charge on any atom is 0.268 e. The van der Waals surface area contributed by atoms with Crippen LogP contribution in [0.4, 0.5) is 0 Å². The number of pyridine rings is 1. The molecular formula is C26H35ClN4O3Si. The molecule has 2 aromatic heterocycles. The van der Waals surface area contributed by atoms with Gasteiger partial charge in [-0.25, -0.2) is 9.97 Å². The van der Waals surface area contributed by atoms with E-state index in [1.54, 1.807) is 12.5 Å². The van der Waals surface area contributed by atoms with E-state index in [0.29, 0.717) is 23.9 Å². The smallest absolute Gasteiger partial charge is 0.268 e. The van der Waals surface area contributed by atoms with Gasteiger partial charge in [-0.3, -0.25) is 4.79 Å². The molecule has 3 aromatic rings. The predicted molar refractivity (Wildman–Crippen MR) is 142 cm³/mol. The van der Waals surface area contributed by atoms with E-state index in [0.717, 1.165) is 11.3 Å². The monoisotopic (exact) mass is 514 g/mol. The molecule has 35 heavy (non-hydrogen) atoms. The van der Waals surface area contributed by atoms with Crippen molar-refractivity contribution in [3.63, 3.8) is 0 Å². The van der Waals surface area contributed by atoms with Crippen molar-refractivity contribution in [1.82, 2.24) is 14.5 Å². The molecule has 0 saturated carbocycles. The van der Waals surface area contributed by atoms with Crippen LogP contribution in [0.15, 0.2) is 55.0 Å². The van der Waals surface area contributed by atoms with Crippen LogP contribution < -0.4 is 10.5 Å². The second-order valence-electron chi connectivity index (χ2n) is 10.2. The molecule has 2 unspecified atom stereocenters. The van der Waals surface area contributed by atoms with Crippen LogP contribution in [0, 0.1) is 0 Å². The molecule has 3 rings (SSSR count). The molecule has 7 nitrogen and oxygen atoms in total. The van der Waals surface area contributed by atoms with Gasteiger partial charge in [0.1, 0.15) is 5.69 Å². The highest BCUT2D eigenvalue weighted by Crippen LogP contribution is 2.39. The Bertz CT molecular complexity index is 1140. The minimum Gasteiger partial charge on any atom is -0.478 e. The van der Waals surface area contributed by atoms with Gasteiger partial charge in [-0.1, -0.05) is 50.6 Å². The van der Waals surface area contributed by atoms with Crippen LogP contribution >= 0.6 is 11.6 Å². The standard InChI is InChI=1S/C26H35ClN4O3Si/c1-18(34-35(5,6)26(2,3)4)23(31-16-22(25(28)32)29-17-31)14-15-33-24-9-7-8-21(30-24)19-10-12-20(27)13-11-19/h7-13,16-18,23H,14-15H2,1-6H3,(H2,28,32). The van der Waals surface area contributed by atoms with Crippen LogP contribution in [0.25, 0.3) is 11.3 Å². The number of rotatable bonds is 10. The number of carbonyl (C=O) groups excluding carboxylic acids is 1. The highest BCUT2D eigenvalue weighted by molar-refractivity contribution is 6.74. The minimum atomic E-state index is -2.02. The number of aromatic nitrogens is 3. The van der Waals surface area contributed by atoms with E-state index in [1.165, 1.54) is 0 Å². The van der Waals surface area contributed by atoms with E-state index in [4.69, 9.17) is 26.5 Å². The second kappa shape index (κ2) is 10.9. The van der Waals surface area contributed by atoms with Gasteiger partial charge in [0.25, 0.3) is 5.91 Å². The summed E-state index contributed by atoms with van der Waals surface area (Å²) in [6, 6.07) is 13.1. The van der Waals surface area contributed by atoms with Crippen molar-refractivity contribution in [3.8, 4) is 17.1 Å². The first-order valence-electron chi connectivity index (χ1n) is 11.7. The molecule has 0 aliphatic heterocycles. The lowest BCUT2D eigenvalue weighted by Crippen LogP contribution is -2.45. The van der Waals surface area contributed by atoms with Gasteiger partial charge in [0.05, 0.1) is 30.8 Å². The summed E-state index contributed by atoms with van der Waals surface area (Å²) in [5.41, 5.74) is 7.43. The third kappa shape index (κ3) is 6.93. The summed E-state index contributed by atoms with van der Waals surface area (Å²) in [7, 11) is -2.02. The summed E-state index contributed by atoms with van der Waals surface area (Å²) < 4.78 is 14.6. The highest BCUT2D eigenvalue weighted by Gasteiger charge is 2.40. The molecule has 0 fully saturated rings. The normalized spacial score (nSPS) is 13.9. The number of ether oxygens (including phenoxy) is 1. The predicted octanol–water partition coefficient (Wildman–Crippen LogP) is 6.12. The fourth-order valence-electron chi connectivity index (χ4n) is 3.55. The van der Waals surface area contributed by atoms with Crippen LogP contribution in [-0.2, 0) is 4.43 Å². The van der Waals surface area contributed by atoms with Crippen molar-refractivity contribution >= 4 is 25.8 Å². The molecule has 9 heteroatoms. The van der Waals surface area contributed by atoms with Gasteiger partial charge in [0.15, 0.2) is 8.32 Å². The van der Waals surface area contributed by atoms with Crippen LogP contribution in [0.5, 0.6) is 5.88 Å². The van der Waals surface area contributed by atoms with E-state index in [9.17, 15) is 4.79 Å². The van der Waals surface area contributed by atoms with Crippen LogP contribution in [-0.4, -0.2) is 41.5 Å². The van der Waals surface area contributed by atoms with Crippen molar-refractivity contribution in [1.29, 1.82) is 0 Å². The lowest BCUT2D eigenvalue weighted by atomic mass is 10.1. The average Bonchev–Trinajstić information content (AvgIpc) is 3.26. The number of primary amides is 1. The van der Waals surface area contributed by atoms with Gasteiger partial charge in [-0.15, -0.1) is 0 Å². The number of carbonyl (C=O) groups is 1. The third-order valence-electron chi connectivity index (χ3n) is 6.59. The highest BCUT2D eigenvalue weighted by atomic mass is 35.5. The molecule has 0 radical (unpaired) electrons. The minimum absolute atomic E-state index is 0.0711. The van der Waals surface area contributed by atoms with Crippen molar-refractivity contribution in [2.24, 2.45) is 5.73 Å². The lowest BCUT2D eigenvalue weighted by Gasteiger charge is -2.40. The number of nitrogens with two attached hydrogens (primary N) is 1. The second-order valence-corrected chi connectivity index (χ2v) is 15.4. The first-order valence-corrected chi connectivity index (χ1v) is 15.0. The molecular weight excluding hydrogens is 480 g/mol. The Labute approximate surface area is 213 Å². The molecule has 2 N–H and O–H groups in total. The first-order chi connectivity index (χ1) is 16.4. The van der Waals surface area contributed by atoms with Gasteiger partial charge in [0.2, 0.25) is 5.88 Å². The summed E-state index contributed by atoms with van der Waals surface area (Å²) in [6.45, 7) is 13.6. The summed E-state index contributed by atoms with van der Waals surface area (Å²) in [5.74, 6) is -0.0162. The summed E-state index contributed by atoms with van der Waals surface area (Å²) in [6.07, 6.45) is 3.83. The van der Waals surface area contributed by atoms with Crippen molar-refractivity contribution in [2.45, 2.75) is 64.4 Å². The lowest BCUT2D eigenvalue weighted by molar-refractivity contribution is 0.0994. The fourth-order valence-corrected chi connectivity index (χ4v) is 5.12. The zero-order valence-electron chi connectivity index (χ0n) is 21.3. The largest absolute Gasteiger partial charge is 0.478 e. The number of imidazole rings is 1. The Morgan fingerprint density at radius 3 is 2.46 bits per heavy atom. The van der Waals surface area contributed by atoms with Crippen molar-refractivity contribution < 1.29 is 14.0 Å². The molecule has 0 saturated heterocycles. The Hall–Kier alpha value is -2.68. The zero-order chi connectivity index (χ0) is 25.8. The Morgan fingerprint density at radius 2 is 1.86 bits per heavy atom. The van der Waals surface area contributed by atoms with E-state index < -0.39 is 14.2 Å². The number of nitrogens with zero attached hydrogens (tertiary/aromatic N) is 3. The molecule has 0 spiro atoms. The maximum absolute atomic E-state index is 11.6. The molecule has 1 amide bonds. The number of halogens is 1. The average molecular weight is 515 g/mol. The Kier molecular flexibility index (Phi) is 8.40. The first kappa shape index (κ1) is 26.9.